The Labute approximate surface area is 95.0 Å². The van der Waals surface area contributed by atoms with Crippen molar-refractivity contribution in [1.29, 1.82) is 0 Å². The first-order valence-corrected chi connectivity index (χ1v) is 5.79. The summed E-state index contributed by atoms with van der Waals surface area (Å²) in [6.45, 7) is 0.473. The van der Waals surface area contributed by atoms with Crippen LogP contribution in [0.1, 0.15) is 31.2 Å². The summed E-state index contributed by atoms with van der Waals surface area (Å²) in [5.74, 6) is -0.224. The van der Waals surface area contributed by atoms with Crippen LogP contribution in [0.5, 0.6) is 0 Å². The average molecular weight is 226 g/mol. The maximum Gasteiger partial charge on any atom is 0.123 e. The molecule has 1 fully saturated rings. The van der Waals surface area contributed by atoms with Gasteiger partial charge in [0.2, 0.25) is 0 Å². The van der Waals surface area contributed by atoms with E-state index in [-0.39, 0.29) is 5.82 Å². The third-order valence-corrected chi connectivity index (χ3v) is 3.25. The summed E-state index contributed by atoms with van der Waals surface area (Å²) in [7, 11) is 0. The molecule has 0 bridgehead atoms. The van der Waals surface area contributed by atoms with Crippen LogP contribution >= 0.6 is 12.6 Å². The van der Waals surface area contributed by atoms with Crippen molar-refractivity contribution in [2.45, 2.75) is 43.3 Å². The van der Waals surface area contributed by atoms with Gasteiger partial charge in [-0.2, -0.15) is 0 Å². The summed E-state index contributed by atoms with van der Waals surface area (Å²) >= 11 is 4.28. The van der Waals surface area contributed by atoms with Gasteiger partial charge in [0.1, 0.15) is 5.82 Å². The number of hydrogen-bond donors (Lipinski definition) is 1. The molecule has 1 aliphatic carbocycles. The highest BCUT2D eigenvalue weighted by molar-refractivity contribution is 7.80. The topological polar surface area (TPSA) is 9.23 Å². The summed E-state index contributed by atoms with van der Waals surface area (Å²) in [6, 6.07) is 4.59. The Morgan fingerprint density at radius 2 is 2.07 bits per heavy atom. The summed E-state index contributed by atoms with van der Waals surface area (Å²) in [5.41, 5.74) is 0.838. The zero-order valence-electron chi connectivity index (χ0n) is 8.58. The van der Waals surface area contributed by atoms with Gasteiger partial charge in [0.15, 0.2) is 0 Å². The minimum Gasteiger partial charge on any atom is -0.374 e. The van der Waals surface area contributed by atoms with E-state index in [1.54, 1.807) is 6.07 Å². The van der Waals surface area contributed by atoms with Gasteiger partial charge in [0.25, 0.3) is 0 Å². The SMILES string of the molecule is Fc1ccc(S)c(COC2CCCC2)c1. The van der Waals surface area contributed by atoms with Crippen molar-refractivity contribution in [2.24, 2.45) is 0 Å². The number of benzene rings is 1. The van der Waals surface area contributed by atoms with Crippen LogP contribution in [0.25, 0.3) is 0 Å². The molecule has 0 aliphatic heterocycles. The molecule has 0 spiro atoms. The first kappa shape index (κ1) is 11.0. The molecule has 82 valence electrons. The predicted octanol–water partition coefficient (Wildman–Crippen LogP) is 3.57. The van der Waals surface area contributed by atoms with Gasteiger partial charge in [-0.3, -0.25) is 0 Å². The van der Waals surface area contributed by atoms with E-state index in [1.165, 1.54) is 25.0 Å². The van der Waals surface area contributed by atoms with Gasteiger partial charge in [-0.25, -0.2) is 4.39 Å². The Balaban J connectivity index is 1.94. The molecule has 0 N–H and O–H groups in total. The van der Waals surface area contributed by atoms with Gasteiger partial charge >= 0.3 is 0 Å². The van der Waals surface area contributed by atoms with Crippen LogP contribution in [0, 0.1) is 5.82 Å². The van der Waals surface area contributed by atoms with Crippen molar-refractivity contribution in [1.82, 2.24) is 0 Å². The molecule has 15 heavy (non-hydrogen) atoms. The molecular formula is C12H15FOS. The molecular weight excluding hydrogens is 211 g/mol. The van der Waals surface area contributed by atoms with Crippen LogP contribution in [0.2, 0.25) is 0 Å². The minimum absolute atomic E-state index is 0.224. The van der Waals surface area contributed by atoms with E-state index in [1.807, 2.05) is 0 Å². The van der Waals surface area contributed by atoms with Gasteiger partial charge in [-0.1, -0.05) is 12.8 Å². The van der Waals surface area contributed by atoms with Gasteiger partial charge in [0, 0.05) is 4.90 Å². The molecule has 0 heterocycles. The Morgan fingerprint density at radius 3 is 2.80 bits per heavy atom. The molecule has 1 nitrogen and oxygen atoms in total. The fourth-order valence-corrected chi connectivity index (χ4v) is 2.14. The molecule has 1 aromatic rings. The highest BCUT2D eigenvalue weighted by atomic mass is 32.1. The monoisotopic (exact) mass is 226 g/mol. The number of halogens is 1. The first-order chi connectivity index (χ1) is 7.25. The lowest BCUT2D eigenvalue weighted by Gasteiger charge is -2.12. The minimum atomic E-state index is -0.224. The number of hydrogen-bond acceptors (Lipinski definition) is 2. The molecule has 0 radical (unpaired) electrons. The lowest BCUT2D eigenvalue weighted by molar-refractivity contribution is 0.0444. The lowest BCUT2D eigenvalue weighted by Crippen LogP contribution is -2.07. The van der Waals surface area contributed by atoms with E-state index in [9.17, 15) is 4.39 Å². The Morgan fingerprint density at radius 1 is 1.33 bits per heavy atom. The fraction of sp³-hybridized carbons (Fsp3) is 0.500. The van der Waals surface area contributed by atoms with Gasteiger partial charge in [-0.05, 0) is 36.6 Å². The molecule has 2 rings (SSSR count). The molecule has 0 amide bonds. The van der Waals surface area contributed by atoms with Crippen molar-refractivity contribution >= 4 is 12.6 Å². The summed E-state index contributed by atoms with van der Waals surface area (Å²) in [5, 5.41) is 0. The molecule has 0 atom stereocenters. The standard InChI is InChI=1S/C12H15FOS/c13-10-5-6-12(15)9(7-10)8-14-11-3-1-2-4-11/h5-7,11,15H,1-4,8H2. The Hall–Kier alpha value is -0.540. The van der Waals surface area contributed by atoms with Crippen LogP contribution in [-0.4, -0.2) is 6.10 Å². The lowest BCUT2D eigenvalue weighted by atomic mass is 10.2. The maximum absolute atomic E-state index is 13.0. The Bertz CT molecular complexity index is 334. The Kier molecular flexibility index (Phi) is 3.65. The first-order valence-electron chi connectivity index (χ1n) is 5.35. The highest BCUT2D eigenvalue weighted by Crippen LogP contribution is 2.23. The van der Waals surface area contributed by atoms with Crippen molar-refractivity contribution in [3.05, 3.63) is 29.6 Å². The molecule has 1 aliphatic rings. The zero-order valence-corrected chi connectivity index (χ0v) is 9.47. The molecule has 1 aromatic carbocycles. The quantitative estimate of drug-likeness (QED) is 0.775. The molecule has 3 heteroatoms. The predicted molar refractivity (Wildman–Crippen MR) is 60.7 cm³/mol. The van der Waals surface area contributed by atoms with Gasteiger partial charge < -0.3 is 4.74 Å². The highest BCUT2D eigenvalue weighted by Gasteiger charge is 2.15. The van der Waals surface area contributed by atoms with E-state index in [0.29, 0.717) is 12.7 Å². The second kappa shape index (κ2) is 4.99. The third kappa shape index (κ3) is 2.95. The maximum atomic E-state index is 13.0. The van der Waals surface area contributed by atoms with E-state index >= 15 is 0 Å². The zero-order chi connectivity index (χ0) is 10.7. The van der Waals surface area contributed by atoms with E-state index in [2.05, 4.69) is 12.6 Å². The van der Waals surface area contributed by atoms with Crippen molar-refractivity contribution in [3.8, 4) is 0 Å². The van der Waals surface area contributed by atoms with Crippen molar-refractivity contribution in [3.63, 3.8) is 0 Å². The summed E-state index contributed by atoms with van der Waals surface area (Å²) < 4.78 is 18.7. The number of thiol groups is 1. The van der Waals surface area contributed by atoms with Crippen molar-refractivity contribution in [2.75, 3.05) is 0 Å². The van der Waals surface area contributed by atoms with Gasteiger partial charge in [-0.15, -0.1) is 12.6 Å². The second-order valence-electron chi connectivity index (χ2n) is 3.99. The molecule has 0 aromatic heterocycles. The van der Waals surface area contributed by atoms with Crippen LogP contribution < -0.4 is 0 Å². The molecule has 1 saturated carbocycles. The van der Waals surface area contributed by atoms with E-state index in [0.717, 1.165) is 23.3 Å². The molecule has 0 unspecified atom stereocenters. The van der Waals surface area contributed by atoms with Crippen molar-refractivity contribution < 1.29 is 9.13 Å². The number of rotatable bonds is 3. The number of ether oxygens (including phenoxy) is 1. The van der Waals surface area contributed by atoms with Gasteiger partial charge in [0.05, 0.1) is 12.7 Å². The van der Waals surface area contributed by atoms with Crippen LogP contribution in [0.4, 0.5) is 4.39 Å². The summed E-state index contributed by atoms with van der Waals surface area (Å²) in [4.78, 5) is 0.800. The van der Waals surface area contributed by atoms with Crippen LogP contribution in [0.3, 0.4) is 0 Å². The van der Waals surface area contributed by atoms with E-state index < -0.39 is 0 Å². The third-order valence-electron chi connectivity index (χ3n) is 2.82. The largest absolute Gasteiger partial charge is 0.374 e. The fourth-order valence-electron chi connectivity index (χ4n) is 1.93. The smallest absolute Gasteiger partial charge is 0.123 e. The summed E-state index contributed by atoms with van der Waals surface area (Å²) in [6.07, 6.45) is 5.14. The molecule has 0 saturated heterocycles. The normalized spacial score (nSPS) is 17.2. The average Bonchev–Trinajstić information content (AvgIpc) is 2.72. The second-order valence-corrected chi connectivity index (χ2v) is 4.47. The van der Waals surface area contributed by atoms with Crippen LogP contribution in [-0.2, 0) is 11.3 Å². The van der Waals surface area contributed by atoms with E-state index in [4.69, 9.17) is 4.74 Å². The van der Waals surface area contributed by atoms with Crippen LogP contribution in [0.15, 0.2) is 23.1 Å².